The van der Waals surface area contributed by atoms with Gasteiger partial charge in [-0.05, 0) is 46.6 Å². The van der Waals surface area contributed by atoms with Crippen molar-refractivity contribution in [1.82, 2.24) is 5.43 Å². The van der Waals surface area contributed by atoms with Crippen molar-refractivity contribution < 1.29 is 9.18 Å². The zero-order chi connectivity index (χ0) is 18.0. The maximum absolute atomic E-state index is 13.1. The fourth-order valence-electron chi connectivity index (χ4n) is 2.92. The first-order chi connectivity index (χ1) is 11.8. The lowest BCUT2D eigenvalue weighted by molar-refractivity contribution is -0.122. The van der Waals surface area contributed by atoms with Crippen LogP contribution in [0.4, 0.5) is 4.39 Å². The highest BCUT2D eigenvalue weighted by Gasteiger charge is 2.43. The zero-order valence-electron chi connectivity index (χ0n) is 14.8. The first kappa shape index (κ1) is 17.3. The van der Waals surface area contributed by atoms with E-state index in [0.717, 1.165) is 6.42 Å². The number of nitrogens with one attached hydrogen (secondary N) is 1. The van der Waals surface area contributed by atoms with Gasteiger partial charge in [0.05, 0.1) is 6.21 Å². The van der Waals surface area contributed by atoms with Crippen molar-refractivity contribution in [3.63, 3.8) is 0 Å². The van der Waals surface area contributed by atoms with Crippen molar-refractivity contribution in [2.45, 2.75) is 38.5 Å². The van der Waals surface area contributed by atoms with Crippen molar-refractivity contribution in [2.24, 2.45) is 11.0 Å². The number of amides is 1. The summed E-state index contributed by atoms with van der Waals surface area (Å²) in [6, 6.07) is 14.6. The Morgan fingerprint density at radius 3 is 2.56 bits per heavy atom. The van der Waals surface area contributed by atoms with Gasteiger partial charge in [0.2, 0.25) is 5.91 Å². The van der Waals surface area contributed by atoms with E-state index in [1.165, 1.54) is 29.5 Å². The molecule has 1 aliphatic rings. The van der Waals surface area contributed by atoms with Gasteiger partial charge in [-0.25, -0.2) is 9.82 Å². The summed E-state index contributed by atoms with van der Waals surface area (Å²) in [6.07, 6.45) is 2.30. The summed E-state index contributed by atoms with van der Waals surface area (Å²) in [5.41, 5.74) is 5.79. The number of benzene rings is 2. The molecule has 0 unspecified atom stereocenters. The second kappa shape index (κ2) is 6.79. The summed E-state index contributed by atoms with van der Waals surface area (Å²) < 4.78 is 13.1. The molecule has 1 saturated carbocycles. The lowest BCUT2D eigenvalue weighted by Gasteiger charge is -2.19. The molecule has 0 bridgehead atoms. The Hall–Kier alpha value is -2.49. The number of nitrogens with zero attached hydrogens (tertiary/aromatic N) is 1. The van der Waals surface area contributed by atoms with Crippen molar-refractivity contribution in [3.8, 4) is 0 Å². The normalized spacial score (nSPS) is 19.8. The number of hydrogen-bond donors (Lipinski definition) is 1. The molecule has 2 aromatic rings. The summed E-state index contributed by atoms with van der Waals surface area (Å²) >= 11 is 0. The van der Waals surface area contributed by atoms with Crippen LogP contribution in [-0.4, -0.2) is 12.1 Å². The number of hydrazone groups is 1. The summed E-state index contributed by atoms with van der Waals surface area (Å²) in [5.74, 6) is -0.183. The Kier molecular flexibility index (Phi) is 4.71. The number of halogens is 1. The van der Waals surface area contributed by atoms with Crippen LogP contribution < -0.4 is 5.43 Å². The molecule has 0 aromatic heterocycles. The van der Waals surface area contributed by atoms with Gasteiger partial charge in [-0.2, -0.15) is 5.10 Å². The van der Waals surface area contributed by atoms with E-state index in [2.05, 4.69) is 55.6 Å². The van der Waals surface area contributed by atoms with Crippen LogP contribution in [0.2, 0.25) is 0 Å². The lowest BCUT2D eigenvalue weighted by atomic mass is 9.86. The van der Waals surface area contributed by atoms with Crippen LogP contribution in [0, 0.1) is 11.7 Å². The summed E-state index contributed by atoms with van der Waals surface area (Å²) in [5, 5.41) is 3.93. The van der Waals surface area contributed by atoms with Gasteiger partial charge in [0.15, 0.2) is 0 Å². The molecule has 0 radical (unpaired) electrons. The average Bonchev–Trinajstić information content (AvgIpc) is 3.35. The van der Waals surface area contributed by atoms with Crippen LogP contribution >= 0.6 is 0 Å². The third-order valence-corrected chi connectivity index (χ3v) is 4.57. The third-order valence-electron chi connectivity index (χ3n) is 4.57. The molecule has 2 aromatic carbocycles. The van der Waals surface area contributed by atoms with Gasteiger partial charge in [0.25, 0.3) is 0 Å². The highest BCUT2D eigenvalue weighted by atomic mass is 19.1. The molecule has 130 valence electrons. The van der Waals surface area contributed by atoms with Crippen LogP contribution in [0.1, 0.15) is 49.8 Å². The van der Waals surface area contributed by atoms with E-state index >= 15 is 0 Å². The van der Waals surface area contributed by atoms with Gasteiger partial charge in [0.1, 0.15) is 5.82 Å². The van der Waals surface area contributed by atoms with Crippen molar-refractivity contribution in [3.05, 3.63) is 71.0 Å². The van der Waals surface area contributed by atoms with E-state index in [4.69, 9.17) is 0 Å². The average molecular weight is 338 g/mol. The molecule has 1 aliphatic carbocycles. The van der Waals surface area contributed by atoms with Gasteiger partial charge in [-0.15, -0.1) is 0 Å². The summed E-state index contributed by atoms with van der Waals surface area (Å²) in [4.78, 5) is 12.2. The molecule has 1 N–H and O–H groups in total. The molecule has 3 nitrogen and oxygen atoms in total. The standard InChI is InChI=1S/C21H23FN2O/c1-21(2,3)16-9-7-15(8-10-16)18-12-19(18)20(25)24-23-13-14-5-4-6-17(22)11-14/h4-11,13,18-19H,12H2,1-3H3,(H,24,25)/t18-,19-/m1/s1. The maximum Gasteiger partial charge on any atom is 0.243 e. The molecular formula is C21H23FN2O. The van der Waals surface area contributed by atoms with Gasteiger partial charge in [-0.3, -0.25) is 4.79 Å². The Morgan fingerprint density at radius 1 is 1.20 bits per heavy atom. The van der Waals surface area contributed by atoms with Gasteiger partial charge < -0.3 is 0 Å². The van der Waals surface area contributed by atoms with E-state index in [9.17, 15) is 9.18 Å². The van der Waals surface area contributed by atoms with Crippen LogP contribution in [0.5, 0.6) is 0 Å². The van der Waals surface area contributed by atoms with E-state index in [-0.39, 0.29) is 29.0 Å². The Labute approximate surface area is 148 Å². The van der Waals surface area contributed by atoms with Crippen LogP contribution in [0.25, 0.3) is 0 Å². The molecule has 0 spiro atoms. The molecule has 2 atom stereocenters. The summed E-state index contributed by atoms with van der Waals surface area (Å²) in [6.45, 7) is 6.56. The molecule has 3 rings (SSSR count). The fourth-order valence-corrected chi connectivity index (χ4v) is 2.92. The zero-order valence-corrected chi connectivity index (χ0v) is 14.8. The van der Waals surface area contributed by atoms with Crippen LogP contribution in [-0.2, 0) is 10.2 Å². The molecule has 1 amide bonds. The second-order valence-electron chi connectivity index (χ2n) is 7.61. The Bertz CT molecular complexity index is 790. The third kappa shape index (κ3) is 4.32. The van der Waals surface area contributed by atoms with Gasteiger partial charge >= 0.3 is 0 Å². The van der Waals surface area contributed by atoms with Crippen molar-refractivity contribution >= 4 is 12.1 Å². The molecule has 0 saturated heterocycles. The van der Waals surface area contributed by atoms with E-state index in [1.54, 1.807) is 12.1 Å². The molecule has 1 fully saturated rings. The van der Waals surface area contributed by atoms with E-state index in [1.807, 2.05) is 0 Å². The first-order valence-electron chi connectivity index (χ1n) is 8.53. The predicted octanol–water partition coefficient (Wildman–Crippen LogP) is 4.38. The number of rotatable bonds is 4. The minimum Gasteiger partial charge on any atom is -0.273 e. The number of carbonyl (C=O) groups excluding carboxylic acids is 1. The monoisotopic (exact) mass is 338 g/mol. The fraction of sp³-hybridized carbons (Fsp3) is 0.333. The van der Waals surface area contributed by atoms with Gasteiger partial charge in [0, 0.05) is 5.92 Å². The molecule has 0 heterocycles. The van der Waals surface area contributed by atoms with Crippen LogP contribution in [0.3, 0.4) is 0 Å². The molecule has 25 heavy (non-hydrogen) atoms. The molecule has 4 heteroatoms. The quantitative estimate of drug-likeness (QED) is 0.652. The Balaban J connectivity index is 1.55. The predicted molar refractivity (Wildman–Crippen MR) is 98.1 cm³/mol. The summed E-state index contributed by atoms with van der Waals surface area (Å²) in [7, 11) is 0. The minimum absolute atomic E-state index is 0.0369. The van der Waals surface area contributed by atoms with Gasteiger partial charge in [-0.1, -0.05) is 57.2 Å². The molecule has 0 aliphatic heterocycles. The number of hydrogen-bond acceptors (Lipinski definition) is 2. The highest BCUT2D eigenvalue weighted by molar-refractivity contribution is 5.85. The first-order valence-corrected chi connectivity index (χ1v) is 8.53. The highest BCUT2D eigenvalue weighted by Crippen LogP contribution is 2.47. The van der Waals surface area contributed by atoms with E-state index < -0.39 is 0 Å². The lowest BCUT2D eigenvalue weighted by Crippen LogP contribution is -2.20. The maximum atomic E-state index is 13.1. The SMILES string of the molecule is CC(C)(C)c1ccc([C@H]2C[C@H]2C(=O)NN=Cc2cccc(F)c2)cc1. The van der Waals surface area contributed by atoms with Crippen LogP contribution in [0.15, 0.2) is 53.6 Å². The molecular weight excluding hydrogens is 315 g/mol. The topological polar surface area (TPSA) is 41.5 Å². The van der Waals surface area contributed by atoms with E-state index in [0.29, 0.717) is 5.56 Å². The smallest absolute Gasteiger partial charge is 0.243 e. The number of carbonyl (C=O) groups is 1. The van der Waals surface area contributed by atoms with Crippen molar-refractivity contribution in [2.75, 3.05) is 0 Å². The second-order valence-corrected chi connectivity index (χ2v) is 7.61. The Morgan fingerprint density at radius 2 is 1.92 bits per heavy atom. The van der Waals surface area contributed by atoms with Crippen molar-refractivity contribution in [1.29, 1.82) is 0 Å². The largest absolute Gasteiger partial charge is 0.273 e. The minimum atomic E-state index is -0.323.